The molecular weight excluding hydrogens is 456 g/mol. The molecule has 0 saturated carbocycles. The van der Waals surface area contributed by atoms with Crippen LogP contribution in [0.4, 0.5) is 11.4 Å². The van der Waals surface area contributed by atoms with Gasteiger partial charge < -0.3 is 20.5 Å². The van der Waals surface area contributed by atoms with E-state index in [4.69, 9.17) is 0 Å². The van der Waals surface area contributed by atoms with Crippen molar-refractivity contribution in [3.63, 3.8) is 0 Å². The Bertz CT molecular complexity index is 1060. The summed E-state index contributed by atoms with van der Waals surface area (Å²) in [4.78, 5) is 38.1. The van der Waals surface area contributed by atoms with Crippen LogP contribution in [-0.4, -0.2) is 29.3 Å². The number of aromatic carboxylic acids is 1. The minimum atomic E-state index is -1.40. The number of carbonyl (C=O) groups is 3. The van der Waals surface area contributed by atoms with Gasteiger partial charge in [-0.1, -0.05) is 35.4 Å². The summed E-state index contributed by atoms with van der Waals surface area (Å²) in [5, 5.41) is 16.8. The molecule has 3 rings (SSSR count). The van der Waals surface area contributed by atoms with Crippen molar-refractivity contribution in [1.29, 1.82) is 0 Å². The molecule has 0 fully saturated rings. The minimum Gasteiger partial charge on any atom is -0.545 e. The van der Waals surface area contributed by atoms with Crippen LogP contribution in [0.25, 0.3) is 0 Å². The summed E-state index contributed by atoms with van der Waals surface area (Å²) in [6, 6.07) is 19.8. The van der Waals surface area contributed by atoms with Crippen LogP contribution in [-0.2, 0) is 9.59 Å². The van der Waals surface area contributed by atoms with Crippen LogP contribution in [0.1, 0.15) is 21.5 Å². The van der Waals surface area contributed by atoms with E-state index >= 15 is 0 Å². The Morgan fingerprint density at radius 2 is 1.09 bits per heavy atom. The lowest BCUT2D eigenvalue weighted by Gasteiger charge is -2.13. The van der Waals surface area contributed by atoms with Crippen molar-refractivity contribution in [2.75, 3.05) is 22.1 Å². The largest absolute Gasteiger partial charge is 0.545 e. The average Bonchev–Trinajstić information content (AvgIpc) is 2.78. The van der Waals surface area contributed by atoms with Crippen molar-refractivity contribution in [3.8, 4) is 0 Å². The van der Waals surface area contributed by atoms with Crippen LogP contribution in [0.15, 0.2) is 76.5 Å². The van der Waals surface area contributed by atoms with E-state index in [9.17, 15) is 19.5 Å². The van der Waals surface area contributed by atoms with E-state index in [-0.39, 0.29) is 40.3 Å². The molecule has 3 aromatic carbocycles. The topological polar surface area (TPSA) is 98.3 Å². The number of hydrogen-bond donors (Lipinski definition) is 2. The molecule has 8 heteroatoms. The van der Waals surface area contributed by atoms with E-state index < -0.39 is 5.97 Å². The summed E-state index contributed by atoms with van der Waals surface area (Å²) in [5.41, 5.74) is 2.67. The molecule has 0 radical (unpaired) electrons. The standard InChI is InChI=1S/C25H24N2O4S2/c1-16-3-7-21(8-4-16)32-14-23(28)26-19-11-18(25(30)31)12-20(13-19)27-24(29)15-33-22-9-5-17(2)6-10-22/h3-13H,14-15H2,1-2H3,(H,26,28)(H,27,29)(H,30,31)/p-1. The van der Waals surface area contributed by atoms with Gasteiger partial charge in [-0.25, -0.2) is 0 Å². The quantitative estimate of drug-likeness (QED) is 0.448. The van der Waals surface area contributed by atoms with Crippen molar-refractivity contribution in [1.82, 2.24) is 0 Å². The fraction of sp³-hybridized carbons (Fsp3) is 0.160. The van der Waals surface area contributed by atoms with Gasteiger partial charge in [0.25, 0.3) is 0 Å². The summed E-state index contributed by atoms with van der Waals surface area (Å²) in [6.45, 7) is 3.98. The lowest BCUT2D eigenvalue weighted by molar-refractivity contribution is -0.255. The van der Waals surface area contributed by atoms with Gasteiger partial charge in [-0.05, 0) is 56.3 Å². The fourth-order valence-electron chi connectivity index (χ4n) is 2.85. The molecule has 33 heavy (non-hydrogen) atoms. The van der Waals surface area contributed by atoms with Gasteiger partial charge in [0.1, 0.15) is 0 Å². The first kappa shape index (κ1) is 24.4. The van der Waals surface area contributed by atoms with E-state index in [1.54, 1.807) is 0 Å². The summed E-state index contributed by atoms with van der Waals surface area (Å²) >= 11 is 2.75. The number of amides is 2. The second kappa shape index (κ2) is 11.6. The third-order valence-corrected chi connectivity index (χ3v) is 6.54. The molecule has 0 saturated heterocycles. The van der Waals surface area contributed by atoms with Gasteiger partial charge in [0.2, 0.25) is 11.8 Å². The van der Waals surface area contributed by atoms with Gasteiger partial charge in [0.15, 0.2) is 0 Å². The number of anilines is 2. The van der Waals surface area contributed by atoms with Crippen LogP contribution in [0.3, 0.4) is 0 Å². The number of hydrogen-bond acceptors (Lipinski definition) is 6. The van der Waals surface area contributed by atoms with E-state index in [1.165, 1.54) is 41.7 Å². The van der Waals surface area contributed by atoms with E-state index in [1.807, 2.05) is 62.4 Å². The molecule has 0 aliphatic rings. The Hall–Kier alpha value is -3.23. The molecule has 6 nitrogen and oxygen atoms in total. The molecule has 3 aromatic rings. The Morgan fingerprint density at radius 3 is 1.45 bits per heavy atom. The zero-order valence-electron chi connectivity index (χ0n) is 18.2. The molecular formula is C25H23N2O4S2-. The summed E-state index contributed by atoms with van der Waals surface area (Å²) in [6.07, 6.45) is 0. The first-order valence-corrected chi connectivity index (χ1v) is 12.1. The van der Waals surface area contributed by atoms with Crippen molar-refractivity contribution in [2.45, 2.75) is 23.6 Å². The normalized spacial score (nSPS) is 10.5. The molecule has 2 amide bonds. The first-order valence-electron chi connectivity index (χ1n) is 10.1. The second-order valence-electron chi connectivity index (χ2n) is 7.39. The van der Waals surface area contributed by atoms with Gasteiger partial charge in [0, 0.05) is 26.7 Å². The van der Waals surface area contributed by atoms with Gasteiger partial charge >= 0.3 is 0 Å². The number of rotatable bonds is 9. The lowest BCUT2D eigenvalue weighted by atomic mass is 10.1. The molecule has 2 N–H and O–H groups in total. The Morgan fingerprint density at radius 1 is 0.697 bits per heavy atom. The highest BCUT2D eigenvalue weighted by Gasteiger charge is 2.10. The second-order valence-corrected chi connectivity index (χ2v) is 9.48. The van der Waals surface area contributed by atoms with E-state index in [2.05, 4.69) is 10.6 Å². The Kier molecular flexibility index (Phi) is 8.57. The van der Waals surface area contributed by atoms with E-state index in [0.717, 1.165) is 20.9 Å². The molecule has 170 valence electrons. The van der Waals surface area contributed by atoms with Gasteiger partial charge in [-0.15, -0.1) is 23.5 Å². The van der Waals surface area contributed by atoms with Crippen LogP contribution in [0.5, 0.6) is 0 Å². The molecule has 0 heterocycles. The molecule has 0 aliphatic heterocycles. The predicted molar refractivity (Wildman–Crippen MR) is 132 cm³/mol. The SMILES string of the molecule is Cc1ccc(SCC(=O)Nc2cc(NC(=O)CSc3ccc(C)cc3)cc(C(=O)[O-])c2)cc1. The van der Waals surface area contributed by atoms with Crippen LogP contribution >= 0.6 is 23.5 Å². The highest BCUT2D eigenvalue weighted by Crippen LogP contribution is 2.23. The number of thioether (sulfide) groups is 2. The summed E-state index contributed by atoms with van der Waals surface area (Å²) in [7, 11) is 0. The Balaban J connectivity index is 1.61. The molecule has 0 bridgehead atoms. The van der Waals surface area contributed by atoms with Crippen molar-refractivity contribution < 1.29 is 19.5 Å². The smallest absolute Gasteiger partial charge is 0.234 e. The highest BCUT2D eigenvalue weighted by atomic mass is 32.2. The van der Waals surface area contributed by atoms with Crippen molar-refractivity contribution >= 4 is 52.7 Å². The third-order valence-electron chi connectivity index (χ3n) is 4.52. The van der Waals surface area contributed by atoms with Crippen LogP contribution in [0, 0.1) is 13.8 Å². The van der Waals surface area contributed by atoms with Gasteiger partial charge in [-0.2, -0.15) is 0 Å². The molecule has 0 atom stereocenters. The van der Waals surface area contributed by atoms with Crippen molar-refractivity contribution in [2.24, 2.45) is 0 Å². The fourth-order valence-corrected chi connectivity index (χ4v) is 4.25. The average molecular weight is 480 g/mol. The van der Waals surface area contributed by atoms with Crippen LogP contribution < -0.4 is 15.7 Å². The van der Waals surface area contributed by atoms with Crippen LogP contribution in [0.2, 0.25) is 0 Å². The number of carboxylic acid groups (broad SMARTS) is 1. The molecule has 0 spiro atoms. The van der Waals surface area contributed by atoms with E-state index in [0.29, 0.717) is 0 Å². The van der Waals surface area contributed by atoms with Crippen molar-refractivity contribution in [3.05, 3.63) is 83.4 Å². The maximum Gasteiger partial charge on any atom is 0.234 e. The van der Waals surface area contributed by atoms with Gasteiger partial charge in [0.05, 0.1) is 17.5 Å². The predicted octanol–water partition coefficient (Wildman–Crippen LogP) is 4.13. The molecule has 0 aliphatic carbocycles. The Labute approximate surface area is 201 Å². The zero-order chi connectivity index (χ0) is 23.8. The maximum absolute atomic E-state index is 12.4. The number of aryl methyl sites for hydroxylation is 2. The summed E-state index contributed by atoms with van der Waals surface area (Å²) in [5.74, 6) is -1.66. The number of carbonyl (C=O) groups excluding carboxylic acids is 3. The number of benzene rings is 3. The number of carboxylic acids is 1. The monoisotopic (exact) mass is 479 g/mol. The molecule has 0 aromatic heterocycles. The maximum atomic E-state index is 12.4. The minimum absolute atomic E-state index is 0.138. The third kappa shape index (κ3) is 8.00. The van der Waals surface area contributed by atoms with Gasteiger partial charge in [-0.3, -0.25) is 9.59 Å². The first-order chi connectivity index (χ1) is 15.8. The summed E-state index contributed by atoms with van der Waals surface area (Å²) < 4.78 is 0. The highest BCUT2D eigenvalue weighted by molar-refractivity contribution is 8.00. The lowest BCUT2D eigenvalue weighted by Crippen LogP contribution is -2.23. The zero-order valence-corrected chi connectivity index (χ0v) is 19.8. The number of nitrogens with one attached hydrogen (secondary N) is 2. The molecule has 0 unspecified atom stereocenters.